The molecule has 1 unspecified atom stereocenters. The van der Waals surface area contributed by atoms with Crippen LogP contribution in [0.5, 0.6) is 0 Å². The van der Waals surface area contributed by atoms with Gasteiger partial charge in [0.05, 0.1) is 5.92 Å². The molecular formula is C22H28O4S. The monoisotopic (exact) mass is 388 g/mol. The van der Waals surface area contributed by atoms with E-state index in [0.29, 0.717) is 25.7 Å². The Balaban J connectivity index is 2.13. The molecule has 1 N–H and O–H groups in total. The van der Waals surface area contributed by atoms with E-state index >= 15 is 0 Å². The van der Waals surface area contributed by atoms with E-state index in [4.69, 9.17) is 0 Å². The van der Waals surface area contributed by atoms with Crippen LogP contribution in [-0.4, -0.2) is 22.5 Å². The molecule has 1 heterocycles. The molecule has 0 aromatic carbocycles. The summed E-state index contributed by atoms with van der Waals surface area (Å²) in [5, 5.41) is 10.8. The first-order valence-corrected chi connectivity index (χ1v) is 10.3. The van der Waals surface area contributed by atoms with Crippen molar-refractivity contribution in [1.82, 2.24) is 0 Å². The van der Waals surface area contributed by atoms with Gasteiger partial charge in [-0.1, -0.05) is 27.7 Å². The van der Waals surface area contributed by atoms with Gasteiger partial charge in [-0.3, -0.25) is 14.4 Å². The first-order chi connectivity index (χ1) is 12.4. The van der Waals surface area contributed by atoms with Gasteiger partial charge in [0.15, 0.2) is 5.78 Å². The highest BCUT2D eigenvalue weighted by Crippen LogP contribution is 2.48. The van der Waals surface area contributed by atoms with Crippen LogP contribution in [0.25, 0.3) is 0 Å². The lowest BCUT2D eigenvalue weighted by Gasteiger charge is -2.38. The van der Waals surface area contributed by atoms with Crippen LogP contribution < -0.4 is 0 Å². The molecule has 2 aliphatic rings. The van der Waals surface area contributed by atoms with E-state index < -0.39 is 11.8 Å². The van der Waals surface area contributed by atoms with Gasteiger partial charge in [0.2, 0.25) is 0 Å². The predicted molar refractivity (Wildman–Crippen MR) is 106 cm³/mol. The highest BCUT2D eigenvalue weighted by atomic mass is 32.1. The Morgan fingerprint density at radius 3 is 2.00 bits per heavy atom. The normalized spacial score (nSPS) is 24.4. The average Bonchev–Trinajstić information content (AvgIpc) is 2.87. The lowest BCUT2D eigenvalue weighted by molar-refractivity contribution is -0.140. The number of rotatable bonds is 3. The van der Waals surface area contributed by atoms with Crippen LogP contribution in [0, 0.1) is 23.7 Å². The van der Waals surface area contributed by atoms with Crippen molar-refractivity contribution in [3.8, 4) is 0 Å². The van der Waals surface area contributed by atoms with Crippen molar-refractivity contribution in [2.75, 3.05) is 0 Å². The molecule has 1 aromatic rings. The number of aliphatic hydroxyl groups excluding tert-OH is 1. The lowest BCUT2D eigenvalue weighted by atomic mass is 9.64. The standard InChI is InChI=1S/C22H28O4S/c1-12-6-7-17(27-12)20(18-13(23)8-21(2,3)9-14(18)24)19-15(25)10-22(4,5)11-16(19)26/h6-7,18,20,25H,8-11H2,1-5H3. The third kappa shape index (κ3) is 3.93. The molecule has 4 nitrogen and oxygen atoms in total. The number of carbonyl (C=O) groups is 3. The number of Topliss-reactive ketones (excluding diaryl/α,β-unsaturated/α-hetero) is 3. The van der Waals surface area contributed by atoms with Crippen LogP contribution in [0.2, 0.25) is 0 Å². The molecule has 0 radical (unpaired) electrons. The van der Waals surface area contributed by atoms with E-state index in [9.17, 15) is 19.5 Å². The Hall–Kier alpha value is -1.75. The zero-order chi connectivity index (χ0) is 20.1. The fourth-order valence-electron chi connectivity index (χ4n) is 4.53. The SMILES string of the molecule is Cc1ccc(C(C2=C(O)CC(C)(C)CC2=O)C2C(=O)CC(C)(C)CC2=O)s1. The fraction of sp³-hybridized carbons (Fsp3) is 0.591. The first kappa shape index (κ1) is 20.0. The molecule has 2 aliphatic carbocycles. The van der Waals surface area contributed by atoms with Crippen molar-refractivity contribution in [3.05, 3.63) is 33.2 Å². The summed E-state index contributed by atoms with van der Waals surface area (Å²) in [5.74, 6) is -1.89. The maximum Gasteiger partial charge on any atom is 0.163 e. The van der Waals surface area contributed by atoms with Gasteiger partial charge in [0.25, 0.3) is 0 Å². The second kappa shape index (κ2) is 6.69. The van der Waals surface area contributed by atoms with Gasteiger partial charge in [0.1, 0.15) is 17.3 Å². The smallest absolute Gasteiger partial charge is 0.163 e. The minimum absolute atomic E-state index is 0.0396. The molecule has 27 heavy (non-hydrogen) atoms. The molecule has 1 saturated carbocycles. The van der Waals surface area contributed by atoms with Gasteiger partial charge in [0, 0.05) is 46.9 Å². The zero-order valence-electron chi connectivity index (χ0n) is 16.7. The average molecular weight is 389 g/mol. The molecule has 1 fully saturated rings. The fourth-order valence-corrected chi connectivity index (χ4v) is 5.55. The first-order valence-electron chi connectivity index (χ1n) is 9.47. The van der Waals surface area contributed by atoms with Crippen LogP contribution in [-0.2, 0) is 14.4 Å². The summed E-state index contributed by atoms with van der Waals surface area (Å²) < 4.78 is 0. The van der Waals surface area contributed by atoms with Crippen molar-refractivity contribution in [2.45, 2.75) is 66.2 Å². The summed E-state index contributed by atoms with van der Waals surface area (Å²) >= 11 is 1.49. The summed E-state index contributed by atoms with van der Waals surface area (Å²) in [4.78, 5) is 40.8. The van der Waals surface area contributed by atoms with Crippen molar-refractivity contribution in [2.24, 2.45) is 16.7 Å². The predicted octanol–water partition coefficient (Wildman–Crippen LogP) is 4.92. The Morgan fingerprint density at radius 1 is 0.963 bits per heavy atom. The number of aryl methyl sites for hydroxylation is 1. The van der Waals surface area contributed by atoms with Crippen LogP contribution in [0.3, 0.4) is 0 Å². The van der Waals surface area contributed by atoms with E-state index in [2.05, 4.69) is 0 Å². The van der Waals surface area contributed by atoms with Crippen LogP contribution in [0.1, 0.15) is 69.1 Å². The highest BCUT2D eigenvalue weighted by molar-refractivity contribution is 7.12. The van der Waals surface area contributed by atoms with Crippen LogP contribution >= 0.6 is 11.3 Å². The number of hydrogen-bond donors (Lipinski definition) is 1. The second-order valence-corrected chi connectivity index (χ2v) is 11.0. The largest absolute Gasteiger partial charge is 0.512 e. The van der Waals surface area contributed by atoms with Crippen molar-refractivity contribution < 1.29 is 19.5 Å². The van der Waals surface area contributed by atoms with Crippen LogP contribution in [0.4, 0.5) is 0 Å². The molecule has 1 atom stereocenters. The Labute approximate surface area is 164 Å². The lowest BCUT2D eigenvalue weighted by Crippen LogP contribution is -2.42. The molecule has 0 amide bonds. The van der Waals surface area contributed by atoms with Crippen molar-refractivity contribution >= 4 is 28.7 Å². The molecule has 3 rings (SSSR count). The van der Waals surface area contributed by atoms with Gasteiger partial charge in [-0.2, -0.15) is 0 Å². The van der Waals surface area contributed by atoms with Gasteiger partial charge < -0.3 is 5.11 Å². The topological polar surface area (TPSA) is 71.4 Å². The third-order valence-electron chi connectivity index (χ3n) is 5.61. The minimum atomic E-state index is -0.876. The molecule has 146 valence electrons. The van der Waals surface area contributed by atoms with Gasteiger partial charge in [-0.15, -0.1) is 11.3 Å². The number of hydrogen-bond acceptors (Lipinski definition) is 5. The van der Waals surface area contributed by atoms with Gasteiger partial charge in [-0.25, -0.2) is 0 Å². The number of allylic oxidation sites excluding steroid dienone is 2. The maximum atomic E-state index is 13.0. The second-order valence-electron chi connectivity index (χ2n) is 9.66. The van der Waals surface area contributed by atoms with E-state index in [0.717, 1.165) is 9.75 Å². The number of carbonyl (C=O) groups excluding carboxylic acids is 3. The van der Waals surface area contributed by atoms with Gasteiger partial charge in [-0.05, 0) is 29.9 Å². The van der Waals surface area contributed by atoms with E-state index in [1.165, 1.54) is 11.3 Å². The van der Waals surface area contributed by atoms with E-state index in [-0.39, 0.29) is 39.5 Å². The Kier molecular flexibility index (Phi) is 4.96. The Bertz CT molecular complexity index is 820. The summed E-state index contributed by atoms with van der Waals surface area (Å²) in [5.41, 5.74) is -0.388. The number of thiophene rings is 1. The number of aliphatic hydroxyl groups is 1. The molecule has 0 saturated heterocycles. The molecule has 5 heteroatoms. The molecule has 0 aliphatic heterocycles. The molecule has 0 spiro atoms. The molecule has 1 aromatic heterocycles. The summed E-state index contributed by atoms with van der Waals surface area (Å²) in [6, 6.07) is 3.82. The molecular weight excluding hydrogens is 360 g/mol. The summed E-state index contributed by atoms with van der Waals surface area (Å²) in [6.07, 6.45) is 1.33. The third-order valence-corrected chi connectivity index (χ3v) is 6.69. The summed E-state index contributed by atoms with van der Waals surface area (Å²) in [7, 11) is 0. The van der Waals surface area contributed by atoms with E-state index in [1.807, 2.05) is 46.8 Å². The quantitative estimate of drug-likeness (QED) is 0.746. The zero-order valence-corrected chi connectivity index (χ0v) is 17.5. The highest BCUT2D eigenvalue weighted by Gasteiger charge is 2.48. The number of ketones is 3. The maximum absolute atomic E-state index is 13.0. The Morgan fingerprint density at radius 2 is 1.52 bits per heavy atom. The molecule has 0 bridgehead atoms. The van der Waals surface area contributed by atoms with Crippen LogP contribution in [0.15, 0.2) is 23.5 Å². The van der Waals surface area contributed by atoms with Crippen molar-refractivity contribution in [3.63, 3.8) is 0 Å². The summed E-state index contributed by atoms with van der Waals surface area (Å²) in [6.45, 7) is 9.70. The minimum Gasteiger partial charge on any atom is -0.512 e. The van der Waals surface area contributed by atoms with Gasteiger partial charge >= 0.3 is 0 Å². The van der Waals surface area contributed by atoms with Crippen molar-refractivity contribution in [1.29, 1.82) is 0 Å². The van der Waals surface area contributed by atoms with E-state index in [1.54, 1.807) is 0 Å².